The Bertz CT molecular complexity index is 1250. The second kappa shape index (κ2) is 7.03. The molecule has 7 nitrogen and oxygen atoms in total. The molecule has 1 atom stereocenters. The van der Waals surface area contributed by atoms with Gasteiger partial charge < -0.3 is 5.32 Å². The van der Waals surface area contributed by atoms with Crippen molar-refractivity contribution in [3.8, 4) is 5.69 Å². The number of carbonyl (C=O) groups excluding carboxylic acids is 1. The van der Waals surface area contributed by atoms with E-state index in [0.29, 0.717) is 33.6 Å². The Balaban J connectivity index is 1.64. The summed E-state index contributed by atoms with van der Waals surface area (Å²) < 4.78 is 24.5. The second-order valence-electron chi connectivity index (χ2n) is 6.70. The van der Waals surface area contributed by atoms with Crippen molar-refractivity contribution < 1.29 is 13.2 Å². The van der Waals surface area contributed by atoms with Gasteiger partial charge in [0, 0.05) is 16.6 Å². The third-order valence-corrected chi connectivity index (χ3v) is 6.68. The van der Waals surface area contributed by atoms with Gasteiger partial charge in [-0.05, 0) is 42.8 Å². The molecule has 4 rings (SSSR count). The monoisotopic (exact) mass is 417 g/mol. The Labute approximate surface area is 165 Å². The number of sulfone groups is 1. The number of rotatable bonds is 3. The minimum Gasteiger partial charge on any atom is -0.348 e. The first-order valence-corrected chi connectivity index (χ1v) is 10.8. The SMILES string of the molecule is O=C(NC1CCS(=O)(=O)C1)c1ccc2c(=O)n(-c3cccc(Cl)c3)cnc2c1. The zero-order valence-electron chi connectivity index (χ0n) is 14.6. The van der Waals surface area contributed by atoms with Crippen LogP contribution in [-0.4, -0.2) is 41.4 Å². The summed E-state index contributed by atoms with van der Waals surface area (Å²) in [4.78, 5) is 29.5. The number of nitrogens with zero attached hydrogens (tertiary/aromatic N) is 2. The molecular formula is C19H16ClN3O4S. The van der Waals surface area contributed by atoms with Crippen LogP contribution in [0.25, 0.3) is 16.6 Å². The fraction of sp³-hybridized carbons (Fsp3) is 0.211. The number of carbonyl (C=O) groups is 1. The number of amides is 1. The molecule has 144 valence electrons. The quantitative estimate of drug-likeness (QED) is 0.702. The van der Waals surface area contributed by atoms with Crippen molar-refractivity contribution in [1.82, 2.24) is 14.9 Å². The fourth-order valence-electron chi connectivity index (χ4n) is 3.25. The molecule has 1 fully saturated rings. The molecule has 1 N–H and O–H groups in total. The first-order chi connectivity index (χ1) is 13.3. The van der Waals surface area contributed by atoms with Gasteiger partial charge in [0.15, 0.2) is 9.84 Å². The van der Waals surface area contributed by atoms with E-state index in [1.54, 1.807) is 30.3 Å². The Hall–Kier alpha value is -2.71. The molecule has 0 aliphatic carbocycles. The minimum atomic E-state index is -3.08. The molecular weight excluding hydrogens is 402 g/mol. The zero-order chi connectivity index (χ0) is 19.9. The maximum atomic E-state index is 12.8. The first-order valence-electron chi connectivity index (χ1n) is 8.61. The van der Waals surface area contributed by atoms with Crippen LogP contribution in [0.5, 0.6) is 0 Å². The van der Waals surface area contributed by atoms with Crippen molar-refractivity contribution >= 4 is 38.2 Å². The molecule has 1 aromatic heterocycles. The smallest absolute Gasteiger partial charge is 0.265 e. The summed E-state index contributed by atoms with van der Waals surface area (Å²) in [7, 11) is -3.08. The lowest BCUT2D eigenvalue weighted by Gasteiger charge is -2.11. The summed E-state index contributed by atoms with van der Waals surface area (Å²) in [6.07, 6.45) is 1.80. The first kappa shape index (κ1) is 18.6. The maximum Gasteiger partial charge on any atom is 0.265 e. The molecule has 1 aliphatic heterocycles. The van der Waals surface area contributed by atoms with Crippen LogP contribution < -0.4 is 10.9 Å². The maximum absolute atomic E-state index is 12.8. The molecule has 0 radical (unpaired) electrons. The van der Waals surface area contributed by atoms with Crippen LogP contribution >= 0.6 is 11.6 Å². The van der Waals surface area contributed by atoms with E-state index in [1.165, 1.54) is 23.0 Å². The Kier molecular flexibility index (Phi) is 4.68. The highest BCUT2D eigenvalue weighted by molar-refractivity contribution is 7.91. The predicted octanol–water partition coefficient (Wildman–Crippen LogP) is 1.96. The summed E-state index contributed by atoms with van der Waals surface area (Å²) >= 11 is 5.99. The van der Waals surface area contributed by atoms with E-state index in [-0.39, 0.29) is 23.0 Å². The average molecular weight is 418 g/mol. The second-order valence-corrected chi connectivity index (χ2v) is 9.37. The van der Waals surface area contributed by atoms with Crippen LogP contribution in [0.4, 0.5) is 0 Å². The highest BCUT2D eigenvalue weighted by Crippen LogP contribution is 2.16. The fourth-order valence-corrected chi connectivity index (χ4v) is 5.11. The number of hydrogen-bond acceptors (Lipinski definition) is 5. The lowest BCUT2D eigenvalue weighted by molar-refractivity contribution is 0.0941. The van der Waals surface area contributed by atoms with Gasteiger partial charge in [-0.2, -0.15) is 0 Å². The van der Waals surface area contributed by atoms with Gasteiger partial charge in [0.25, 0.3) is 11.5 Å². The molecule has 2 aromatic carbocycles. The molecule has 0 saturated carbocycles. The largest absolute Gasteiger partial charge is 0.348 e. The molecule has 28 heavy (non-hydrogen) atoms. The van der Waals surface area contributed by atoms with E-state index in [0.717, 1.165) is 0 Å². The lowest BCUT2D eigenvalue weighted by Crippen LogP contribution is -2.35. The number of halogens is 1. The van der Waals surface area contributed by atoms with Gasteiger partial charge in [0.1, 0.15) is 6.33 Å². The Morgan fingerprint density at radius 3 is 2.75 bits per heavy atom. The molecule has 3 aromatic rings. The van der Waals surface area contributed by atoms with Crippen LogP contribution in [0, 0.1) is 0 Å². The molecule has 1 saturated heterocycles. The van der Waals surface area contributed by atoms with Crippen LogP contribution in [0.15, 0.2) is 53.6 Å². The highest BCUT2D eigenvalue weighted by atomic mass is 35.5. The molecule has 9 heteroatoms. The van der Waals surface area contributed by atoms with Crippen molar-refractivity contribution in [3.05, 3.63) is 69.7 Å². The van der Waals surface area contributed by atoms with Gasteiger partial charge in [-0.15, -0.1) is 0 Å². The molecule has 2 heterocycles. The lowest BCUT2D eigenvalue weighted by atomic mass is 10.1. The number of fused-ring (bicyclic) bond motifs is 1. The summed E-state index contributed by atoms with van der Waals surface area (Å²) in [5, 5.41) is 3.60. The van der Waals surface area contributed by atoms with Gasteiger partial charge in [-0.25, -0.2) is 13.4 Å². The summed E-state index contributed by atoms with van der Waals surface area (Å²) in [6.45, 7) is 0. The van der Waals surface area contributed by atoms with Crippen LogP contribution in [0.3, 0.4) is 0 Å². The third-order valence-electron chi connectivity index (χ3n) is 4.68. The van der Waals surface area contributed by atoms with E-state index < -0.39 is 15.9 Å². The van der Waals surface area contributed by atoms with Gasteiger partial charge in [-0.1, -0.05) is 17.7 Å². The number of aromatic nitrogens is 2. The Morgan fingerprint density at radius 1 is 1.21 bits per heavy atom. The molecule has 1 amide bonds. The predicted molar refractivity (Wildman–Crippen MR) is 107 cm³/mol. The Morgan fingerprint density at radius 2 is 2.04 bits per heavy atom. The number of nitrogens with one attached hydrogen (secondary N) is 1. The van der Waals surface area contributed by atoms with Gasteiger partial charge in [0.2, 0.25) is 0 Å². The van der Waals surface area contributed by atoms with Crippen molar-refractivity contribution in [1.29, 1.82) is 0 Å². The molecule has 0 spiro atoms. The molecule has 1 unspecified atom stereocenters. The van der Waals surface area contributed by atoms with E-state index in [2.05, 4.69) is 10.3 Å². The average Bonchev–Trinajstić information content (AvgIpc) is 3.00. The van der Waals surface area contributed by atoms with Gasteiger partial charge >= 0.3 is 0 Å². The van der Waals surface area contributed by atoms with Crippen molar-refractivity contribution in [3.63, 3.8) is 0 Å². The summed E-state index contributed by atoms with van der Waals surface area (Å²) in [5.74, 6) is -0.348. The number of hydrogen-bond donors (Lipinski definition) is 1. The van der Waals surface area contributed by atoms with Gasteiger partial charge in [0.05, 0.1) is 28.1 Å². The van der Waals surface area contributed by atoms with Crippen LogP contribution in [0.2, 0.25) is 5.02 Å². The zero-order valence-corrected chi connectivity index (χ0v) is 16.2. The van der Waals surface area contributed by atoms with E-state index in [4.69, 9.17) is 11.6 Å². The van der Waals surface area contributed by atoms with E-state index in [1.807, 2.05) is 0 Å². The highest BCUT2D eigenvalue weighted by Gasteiger charge is 2.29. The summed E-state index contributed by atoms with van der Waals surface area (Å²) in [6, 6.07) is 11.1. The van der Waals surface area contributed by atoms with Crippen molar-refractivity contribution in [2.24, 2.45) is 0 Å². The van der Waals surface area contributed by atoms with Crippen LogP contribution in [0.1, 0.15) is 16.8 Å². The third kappa shape index (κ3) is 3.65. The van der Waals surface area contributed by atoms with Gasteiger partial charge in [-0.3, -0.25) is 14.2 Å². The van der Waals surface area contributed by atoms with Crippen molar-refractivity contribution in [2.75, 3.05) is 11.5 Å². The topological polar surface area (TPSA) is 98.1 Å². The van der Waals surface area contributed by atoms with Crippen LogP contribution in [-0.2, 0) is 9.84 Å². The van der Waals surface area contributed by atoms with Crippen molar-refractivity contribution in [2.45, 2.75) is 12.5 Å². The van der Waals surface area contributed by atoms with E-state index in [9.17, 15) is 18.0 Å². The molecule has 0 bridgehead atoms. The number of benzene rings is 2. The normalized spacial score (nSPS) is 18.2. The molecule has 1 aliphatic rings. The minimum absolute atomic E-state index is 0.0467. The summed E-state index contributed by atoms with van der Waals surface area (Å²) in [5.41, 5.74) is 1.02. The van der Waals surface area contributed by atoms with E-state index >= 15 is 0 Å². The standard InChI is InChI=1S/C19H16ClN3O4S/c20-13-2-1-3-15(9-13)23-11-21-17-8-12(4-5-16(17)19(23)25)18(24)22-14-6-7-28(26,27)10-14/h1-5,8-9,11,14H,6-7,10H2,(H,22,24).